The number of aromatic nitrogens is 4. The van der Waals surface area contributed by atoms with Crippen LogP contribution in [0, 0.1) is 5.92 Å². The van der Waals surface area contributed by atoms with Crippen LogP contribution in [-0.4, -0.2) is 73.0 Å². The van der Waals surface area contributed by atoms with Gasteiger partial charge in [0.1, 0.15) is 12.4 Å². The van der Waals surface area contributed by atoms with Crippen LogP contribution in [0.3, 0.4) is 0 Å². The minimum atomic E-state index is -1.07. The Morgan fingerprint density at radius 3 is 2.48 bits per heavy atom. The summed E-state index contributed by atoms with van der Waals surface area (Å²) < 4.78 is 1.44. The summed E-state index contributed by atoms with van der Waals surface area (Å²) in [4.78, 5) is 50.9. The maximum absolute atomic E-state index is 13.3. The van der Waals surface area contributed by atoms with Gasteiger partial charge < -0.3 is 20.6 Å². The van der Waals surface area contributed by atoms with Gasteiger partial charge in [0.25, 0.3) is 0 Å². The molecule has 1 fully saturated rings. The summed E-state index contributed by atoms with van der Waals surface area (Å²) in [5.41, 5.74) is 1.69. The Morgan fingerprint density at radius 2 is 1.85 bits per heavy atom. The normalized spacial score (nSPS) is 14.6. The maximum atomic E-state index is 13.3. The summed E-state index contributed by atoms with van der Waals surface area (Å²) >= 11 is 6.16. The monoisotopic (exact) mass is 565 g/mol. The highest BCUT2D eigenvalue weighted by atomic mass is 35.5. The number of aromatic carboxylic acids is 1. The van der Waals surface area contributed by atoms with Gasteiger partial charge in [-0.15, -0.1) is 5.10 Å². The number of likely N-dealkylation sites (tertiary alicyclic amines) is 1. The molecule has 2 heterocycles. The molecule has 1 aliphatic rings. The van der Waals surface area contributed by atoms with Crippen molar-refractivity contribution < 1.29 is 24.3 Å². The molecule has 12 nitrogen and oxygen atoms in total. The van der Waals surface area contributed by atoms with Gasteiger partial charge in [-0.2, -0.15) is 4.68 Å². The third-order valence-electron chi connectivity index (χ3n) is 6.66. The van der Waals surface area contributed by atoms with Crippen molar-refractivity contribution in [1.82, 2.24) is 30.4 Å². The van der Waals surface area contributed by atoms with Crippen molar-refractivity contribution in [3.05, 3.63) is 71.0 Å². The molecule has 1 aliphatic heterocycles. The fourth-order valence-corrected chi connectivity index (χ4v) is 4.68. The molecule has 1 atom stereocenters. The van der Waals surface area contributed by atoms with Crippen LogP contribution in [0.5, 0.6) is 0 Å². The van der Waals surface area contributed by atoms with Gasteiger partial charge in [0.05, 0.1) is 11.3 Å². The van der Waals surface area contributed by atoms with Gasteiger partial charge >= 0.3 is 5.97 Å². The summed E-state index contributed by atoms with van der Waals surface area (Å²) in [5, 5.41) is 26.3. The zero-order chi connectivity index (χ0) is 28.6. The number of nitrogens with zero attached hydrogens (tertiary/aromatic N) is 5. The van der Waals surface area contributed by atoms with E-state index >= 15 is 0 Å². The van der Waals surface area contributed by atoms with Crippen molar-refractivity contribution in [3.8, 4) is 5.69 Å². The SMILES string of the molecule is CC(=O)N1CCC(CC(NC(=O)C=Cc2cc(Cl)ccc2-n2cnnn2)C(=O)Nc2ccc(C(=O)O)cc2)CC1. The number of carboxylic acids is 1. The van der Waals surface area contributed by atoms with E-state index in [1.807, 2.05) is 0 Å². The second-order valence-corrected chi connectivity index (χ2v) is 9.85. The van der Waals surface area contributed by atoms with Crippen molar-refractivity contribution >= 4 is 47.1 Å². The van der Waals surface area contributed by atoms with Gasteiger partial charge in [0, 0.05) is 42.4 Å². The van der Waals surface area contributed by atoms with Gasteiger partial charge in [0.2, 0.25) is 17.7 Å². The molecule has 1 unspecified atom stereocenters. The number of amides is 3. The van der Waals surface area contributed by atoms with Crippen molar-refractivity contribution in [3.63, 3.8) is 0 Å². The molecule has 208 valence electrons. The number of benzene rings is 2. The summed E-state index contributed by atoms with van der Waals surface area (Å²) in [7, 11) is 0. The van der Waals surface area contributed by atoms with E-state index in [9.17, 15) is 19.2 Å². The number of carbonyl (C=O) groups is 4. The molecule has 13 heteroatoms. The maximum Gasteiger partial charge on any atom is 0.335 e. The quantitative estimate of drug-likeness (QED) is 0.334. The van der Waals surface area contributed by atoms with Gasteiger partial charge in [-0.05, 0) is 84.1 Å². The van der Waals surface area contributed by atoms with E-state index in [0.717, 1.165) is 0 Å². The van der Waals surface area contributed by atoms with E-state index in [-0.39, 0.29) is 17.4 Å². The Bertz CT molecular complexity index is 1400. The van der Waals surface area contributed by atoms with Gasteiger partial charge in [-0.25, -0.2) is 4.79 Å². The highest BCUT2D eigenvalue weighted by Crippen LogP contribution is 2.24. The smallest absolute Gasteiger partial charge is 0.335 e. The average molecular weight is 566 g/mol. The molecular weight excluding hydrogens is 538 g/mol. The molecule has 3 amide bonds. The van der Waals surface area contributed by atoms with Crippen LogP contribution in [-0.2, 0) is 14.4 Å². The lowest BCUT2D eigenvalue weighted by molar-refractivity contribution is -0.130. The van der Waals surface area contributed by atoms with Crippen LogP contribution in [0.15, 0.2) is 54.9 Å². The zero-order valence-corrected chi connectivity index (χ0v) is 22.4. The summed E-state index contributed by atoms with van der Waals surface area (Å²) in [6.45, 7) is 2.71. The Balaban J connectivity index is 1.49. The first-order valence-electron chi connectivity index (χ1n) is 12.6. The van der Waals surface area contributed by atoms with E-state index in [0.29, 0.717) is 54.3 Å². The molecule has 4 rings (SSSR count). The largest absolute Gasteiger partial charge is 0.478 e. The molecule has 1 aromatic heterocycles. The number of anilines is 1. The van der Waals surface area contributed by atoms with E-state index in [4.69, 9.17) is 16.7 Å². The first kappa shape index (κ1) is 28.4. The highest BCUT2D eigenvalue weighted by molar-refractivity contribution is 6.30. The standard InChI is InChI=1S/C27H28ClN7O5/c1-17(36)34-12-10-18(11-13-34)14-23(26(38)30-22-6-2-19(3-7-22)27(39)40)31-25(37)9-4-20-15-21(28)5-8-24(20)35-16-29-32-33-35/h2-9,15-16,18,23H,10-14H2,1H3,(H,30,38)(H,31,37)(H,39,40). The van der Waals surface area contributed by atoms with Crippen LogP contribution in [0.25, 0.3) is 11.8 Å². The van der Waals surface area contributed by atoms with Crippen molar-refractivity contribution in [2.24, 2.45) is 5.92 Å². The predicted molar refractivity (Wildman–Crippen MR) is 147 cm³/mol. The number of piperidine rings is 1. The van der Waals surface area contributed by atoms with Crippen LogP contribution < -0.4 is 10.6 Å². The second kappa shape index (κ2) is 13.0. The summed E-state index contributed by atoms with van der Waals surface area (Å²) in [5.74, 6) is -1.88. The van der Waals surface area contributed by atoms with Crippen LogP contribution in [0.1, 0.15) is 42.1 Å². The van der Waals surface area contributed by atoms with Crippen LogP contribution in [0.4, 0.5) is 5.69 Å². The number of nitrogens with one attached hydrogen (secondary N) is 2. The van der Waals surface area contributed by atoms with Crippen LogP contribution in [0.2, 0.25) is 5.02 Å². The number of hydrogen-bond donors (Lipinski definition) is 3. The molecule has 0 aliphatic carbocycles. The number of hydrogen-bond acceptors (Lipinski definition) is 7. The van der Waals surface area contributed by atoms with Gasteiger partial charge in [-0.1, -0.05) is 11.6 Å². The Hall–Kier alpha value is -4.58. The summed E-state index contributed by atoms with van der Waals surface area (Å²) in [6, 6.07) is 9.94. The molecular formula is C27H28ClN7O5. The lowest BCUT2D eigenvalue weighted by Gasteiger charge is -2.33. The Morgan fingerprint density at radius 1 is 1.12 bits per heavy atom. The first-order valence-corrected chi connectivity index (χ1v) is 13.0. The topological polar surface area (TPSA) is 159 Å². The lowest BCUT2D eigenvalue weighted by atomic mass is 9.89. The number of carbonyl (C=O) groups excluding carboxylic acids is 3. The van der Waals surface area contributed by atoms with Crippen LogP contribution >= 0.6 is 11.6 Å². The molecule has 1 saturated heterocycles. The third-order valence-corrected chi connectivity index (χ3v) is 6.90. The Labute approximate surface area is 235 Å². The molecule has 0 radical (unpaired) electrons. The van der Waals surface area contributed by atoms with E-state index < -0.39 is 23.8 Å². The number of tetrazole rings is 1. The number of carboxylic acid groups (broad SMARTS) is 1. The van der Waals surface area contributed by atoms with E-state index in [1.54, 1.807) is 29.2 Å². The number of rotatable bonds is 9. The van der Waals surface area contributed by atoms with Gasteiger partial charge in [0.15, 0.2) is 0 Å². The predicted octanol–water partition coefficient (Wildman–Crippen LogP) is 2.80. The lowest BCUT2D eigenvalue weighted by Crippen LogP contribution is -2.46. The van der Waals surface area contributed by atoms with Gasteiger partial charge in [-0.3, -0.25) is 14.4 Å². The molecule has 2 aromatic carbocycles. The van der Waals surface area contributed by atoms with Crippen molar-refractivity contribution in [2.75, 3.05) is 18.4 Å². The fourth-order valence-electron chi connectivity index (χ4n) is 4.50. The van der Waals surface area contributed by atoms with E-state index in [2.05, 4.69) is 26.2 Å². The molecule has 40 heavy (non-hydrogen) atoms. The second-order valence-electron chi connectivity index (χ2n) is 9.41. The first-order chi connectivity index (χ1) is 19.2. The zero-order valence-electron chi connectivity index (χ0n) is 21.7. The third kappa shape index (κ3) is 7.50. The Kier molecular flexibility index (Phi) is 9.23. The van der Waals surface area contributed by atoms with Crippen molar-refractivity contribution in [2.45, 2.75) is 32.2 Å². The highest BCUT2D eigenvalue weighted by Gasteiger charge is 2.28. The minimum absolute atomic E-state index is 0.0121. The molecule has 0 bridgehead atoms. The fraction of sp³-hybridized carbons (Fsp3) is 0.296. The van der Waals surface area contributed by atoms with E-state index in [1.165, 1.54) is 48.3 Å². The minimum Gasteiger partial charge on any atom is -0.478 e. The molecule has 0 spiro atoms. The molecule has 3 aromatic rings. The molecule has 0 saturated carbocycles. The van der Waals surface area contributed by atoms with Crippen molar-refractivity contribution in [1.29, 1.82) is 0 Å². The average Bonchev–Trinajstić information content (AvgIpc) is 3.47. The molecule has 3 N–H and O–H groups in total. The summed E-state index contributed by atoms with van der Waals surface area (Å²) in [6.07, 6.45) is 6.07. The number of halogens is 1.